The van der Waals surface area contributed by atoms with Gasteiger partial charge in [-0.1, -0.05) is 63.4 Å². The van der Waals surface area contributed by atoms with Crippen molar-refractivity contribution in [1.29, 1.82) is 0 Å². The molecule has 0 bridgehead atoms. The van der Waals surface area contributed by atoms with Crippen LogP contribution in [0.15, 0.2) is 65.3 Å². The van der Waals surface area contributed by atoms with Crippen molar-refractivity contribution in [3.05, 3.63) is 72.3 Å². The second-order valence-electron chi connectivity index (χ2n) is 9.79. The molecule has 0 radical (unpaired) electrons. The van der Waals surface area contributed by atoms with Crippen LogP contribution in [0.1, 0.15) is 74.7 Å². The summed E-state index contributed by atoms with van der Waals surface area (Å²) in [4.78, 5) is 35.0. The van der Waals surface area contributed by atoms with Crippen LogP contribution in [0.3, 0.4) is 0 Å². The summed E-state index contributed by atoms with van der Waals surface area (Å²) in [5.74, 6) is 0.106. The summed E-state index contributed by atoms with van der Waals surface area (Å²) in [5.41, 5.74) is 2.34. The van der Waals surface area contributed by atoms with Gasteiger partial charge >= 0.3 is 0 Å². The van der Waals surface area contributed by atoms with Crippen LogP contribution in [0.4, 0.5) is 0 Å². The predicted molar refractivity (Wildman–Crippen MR) is 146 cm³/mol. The number of aromatic nitrogens is 1. The molecule has 7 heteroatoms. The summed E-state index contributed by atoms with van der Waals surface area (Å²) in [6, 6.07) is 16.5. The molecule has 1 saturated carbocycles. The second kappa shape index (κ2) is 13.3. The van der Waals surface area contributed by atoms with Crippen molar-refractivity contribution in [2.75, 3.05) is 26.2 Å². The first-order valence-corrected chi connectivity index (χ1v) is 13.7. The minimum absolute atomic E-state index is 0.140. The number of rotatable bonds is 12. The molecule has 0 aliphatic heterocycles. The van der Waals surface area contributed by atoms with Gasteiger partial charge in [-0.25, -0.2) is 0 Å². The number of hydrogen-bond acceptors (Lipinski definition) is 4. The van der Waals surface area contributed by atoms with E-state index >= 15 is 0 Å². The number of hydrogen-bond donors (Lipinski definition) is 2. The molecule has 2 aromatic heterocycles. The van der Waals surface area contributed by atoms with Gasteiger partial charge in [-0.3, -0.25) is 9.59 Å². The van der Waals surface area contributed by atoms with Crippen molar-refractivity contribution in [1.82, 2.24) is 20.1 Å². The zero-order chi connectivity index (χ0) is 26.0. The molecule has 198 valence electrons. The van der Waals surface area contributed by atoms with Crippen LogP contribution in [0, 0.1) is 0 Å². The predicted octanol–water partition coefficient (Wildman–Crippen LogP) is 5.64. The second-order valence-corrected chi connectivity index (χ2v) is 9.79. The molecule has 0 saturated heterocycles. The molecule has 1 aromatic carbocycles. The van der Waals surface area contributed by atoms with Crippen molar-refractivity contribution < 1.29 is 14.0 Å². The monoisotopic (exact) mass is 504 g/mol. The molecule has 4 rings (SSSR count). The van der Waals surface area contributed by atoms with E-state index in [9.17, 15) is 9.59 Å². The molecule has 0 spiro atoms. The van der Waals surface area contributed by atoms with Gasteiger partial charge in [0.1, 0.15) is 11.5 Å². The Morgan fingerprint density at radius 2 is 1.73 bits per heavy atom. The van der Waals surface area contributed by atoms with Crippen LogP contribution < -0.4 is 5.32 Å². The number of H-pyrrole nitrogens is 1. The zero-order valence-corrected chi connectivity index (χ0v) is 22.1. The lowest BCUT2D eigenvalue weighted by Crippen LogP contribution is -2.47. The average molecular weight is 505 g/mol. The van der Waals surface area contributed by atoms with E-state index in [-0.39, 0.29) is 17.9 Å². The van der Waals surface area contributed by atoms with E-state index in [1.807, 2.05) is 36.4 Å². The minimum atomic E-state index is -0.829. The standard InChI is InChI=1S/C30H40N4O3/c1-3-33(4-2)20-12-21-34(30(36)26-19-18-25(32-26)23-13-7-5-8-14-23)28(27-17-11-22-37-27)29(35)31-24-15-9-6-10-16-24/h5,7-8,11,13-14,17-19,22,24,28,32H,3-4,6,9-10,12,15-16,20-21H2,1-2H3,(H,31,35)/t28-/m1/s1. The summed E-state index contributed by atoms with van der Waals surface area (Å²) >= 11 is 0. The maximum atomic E-state index is 14.0. The van der Waals surface area contributed by atoms with Gasteiger partial charge in [0.25, 0.3) is 11.8 Å². The highest BCUT2D eigenvalue weighted by atomic mass is 16.3. The Kier molecular flexibility index (Phi) is 9.60. The lowest BCUT2D eigenvalue weighted by molar-refractivity contribution is -0.127. The Bertz CT molecular complexity index is 1100. The fourth-order valence-electron chi connectivity index (χ4n) is 5.21. The van der Waals surface area contributed by atoms with Crippen LogP contribution in [0.5, 0.6) is 0 Å². The highest BCUT2D eigenvalue weighted by Gasteiger charge is 2.35. The number of carbonyl (C=O) groups excluding carboxylic acids is 2. The van der Waals surface area contributed by atoms with Gasteiger partial charge in [0.2, 0.25) is 0 Å². The van der Waals surface area contributed by atoms with Gasteiger partial charge in [0.05, 0.1) is 6.26 Å². The molecule has 2 N–H and O–H groups in total. The lowest BCUT2D eigenvalue weighted by atomic mass is 9.95. The first-order valence-electron chi connectivity index (χ1n) is 13.7. The summed E-state index contributed by atoms with van der Waals surface area (Å²) in [6.45, 7) is 7.47. The van der Waals surface area contributed by atoms with Gasteiger partial charge in [-0.15, -0.1) is 0 Å². The fraction of sp³-hybridized carbons (Fsp3) is 0.467. The number of nitrogens with zero attached hydrogens (tertiary/aromatic N) is 2. The third-order valence-electron chi connectivity index (χ3n) is 7.35. The number of benzene rings is 1. The van der Waals surface area contributed by atoms with E-state index in [1.165, 1.54) is 6.42 Å². The molecule has 0 unspecified atom stereocenters. The quantitative estimate of drug-likeness (QED) is 0.335. The van der Waals surface area contributed by atoms with E-state index in [0.29, 0.717) is 18.0 Å². The number of nitrogens with one attached hydrogen (secondary N) is 2. The third kappa shape index (κ3) is 6.92. The van der Waals surface area contributed by atoms with E-state index in [1.54, 1.807) is 29.4 Å². The topological polar surface area (TPSA) is 81.6 Å². The Balaban J connectivity index is 1.61. The van der Waals surface area contributed by atoms with Gasteiger partial charge in [0, 0.05) is 18.3 Å². The van der Waals surface area contributed by atoms with Gasteiger partial charge in [-0.05, 0) is 68.7 Å². The Morgan fingerprint density at radius 3 is 2.41 bits per heavy atom. The van der Waals surface area contributed by atoms with Crippen molar-refractivity contribution in [2.45, 2.75) is 64.5 Å². The highest BCUT2D eigenvalue weighted by molar-refractivity contribution is 5.97. The molecule has 7 nitrogen and oxygen atoms in total. The molecule has 3 aromatic rings. The van der Waals surface area contributed by atoms with Crippen LogP contribution in [0.25, 0.3) is 11.3 Å². The molecule has 1 fully saturated rings. The SMILES string of the molecule is CCN(CC)CCCN(C(=O)c1ccc(-c2ccccc2)[nH]1)[C@@H](C(=O)NC1CCCCC1)c1ccco1. The summed E-state index contributed by atoms with van der Waals surface area (Å²) in [6.07, 6.45) is 7.72. The Hall–Kier alpha value is -3.32. The molecule has 2 amide bonds. The number of aromatic amines is 1. The van der Waals surface area contributed by atoms with E-state index < -0.39 is 6.04 Å². The first kappa shape index (κ1) is 26.7. The normalized spacial score (nSPS) is 15.0. The Morgan fingerprint density at radius 1 is 0.973 bits per heavy atom. The number of carbonyl (C=O) groups is 2. The Labute approximate surface area is 220 Å². The largest absolute Gasteiger partial charge is 0.467 e. The molecule has 1 atom stereocenters. The highest BCUT2D eigenvalue weighted by Crippen LogP contribution is 2.27. The van der Waals surface area contributed by atoms with Crippen molar-refractivity contribution >= 4 is 11.8 Å². The third-order valence-corrected chi connectivity index (χ3v) is 7.35. The van der Waals surface area contributed by atoms with Crippen molar-refractivity contribution in [3.8, 4) is 11.3 Å². The molecular formula is C30H40N4O3. The van der Waals surface area contributed by atoms with E-state index in [2.05, 4.69) is 29.0 Å². The van der Waals surface area contributed by atoms with Crippen LogP contribution in [-0.2, 0) is 4.79 Å². The summed E-state index contributed by atoms with van der Waals surface area (Å²) in [7, 11) is 0. The molecule has 37 heavy (non-hydrogen) atoms. The smallest absolute Gasteiger partial charge is 0.271 e. The van der Waals surface area contributed by atoms with Crippen LogP contribution in [-0.4, -0.2) is 58.8 Å². The number of amides is 2. The molecule has 1 aliphatic rings. The van der Waals surface area contributed by atoms with Crippen molar-refractivity contribution in [2.24, 2.45) is 0 Å². The zero-order valence-electron chi connectivity index (χ0n) is 22.1. The lowest BCUT2D eigenvalue weighted by Gasteiger charge is -2.32. The molecule has 2 heterocycles. The van der Waals surface area contributed by atoms with E-state index in [4.69, 9.17) is 4.42 Å². The summed E-state index contributed by atoms with van der Waals surface area (Å²) in [5, 5.41) is 3.23. The maximum Gasteiger partial charge on any atom is 0.271 e. The van der Waals surface area contributed by atoms with Crippen molar-refractivity contribution in [3.63, 3.8) is 0 Å². The van der Waals surface area contributed by atoms with E-state index in [0.717, 1.165) is 63.0 Å². The summed E-state index contributed by atoms with van der Waals surface area (Å²) < 4.78 is 5.74. The minimum Gasteiger partial charge on any atom is -0.467 e. The molecular weight excluding hydrogens is 464 g/mol. The van der Waals surface area contributed by atoms with Gasteiger partial charge in [0.15, 0.2) is 6.04 Å². The van der Waals surface area contributed by atoms with Gasteiger partial charge in [-0.2, -0.15) is 0 Å². The maximum absolute atomic E-state index is 14.0. The first-order chi connectivity index (χ1) is 18.1. The number of furan rings is 1. The average Bonchev–Trinajstić information content (AvgIpc) is 3.64. The van der Waals surface area contributed by atoms with Crippen LogP contribution in [0.2, 0.25) is 0 Å². The van der Waals surface area contributed by atoms with Crippen LogP contribution >= 0.6 is 0 Å². The van der Waals surface area contributed by atoms with Gasteiger partial charge < -0.3 is 24.5 Å². The fourth-order valence-corrected chi connectivity index (χ4v) is 5.21. The molecule has 1 aliphatic carbocycles.